The average Bonchev–Trinajstić information content (AvgIpc) is 2.78. The van der Waals surface area contributed by atoms with Gasteiger partial charge < -0.3 is 10.2 Å². The summed E-state index contributed by atoms with van der Waals surface area (Å²) in [5.74, 6) is -2.12. The first-order valence-corrected chi connectivity index (χ1v) is 17.8. The van der Waals surface area contributed by atoms with Gasteiger partial charge in [-0.2, -0.15) is 0 Å². The first-order chi connectivity index (χ1) is 19.3. The van der Waals surface area contributed by atoms with Crippen LogP contribution in [-0.2, 0) is 9.59 Å². The molecule has 0 aromatic carbocycles. The SMILES string of the molecule is CC(CCC(C)(C)C(C)(C)CCCC(C)(C)C(C)(C)C(C)(C)C(C(=O)O)C(C)(C)C(C)(C(=O)O)C(C)(C)C)C(C)(C)C(C)(C)C. The topological polar surface area (TPSA) is 74.6 Å². The molecule has 3 atom stereocenters. The molecule has 0 amide bonds. The molecule has 0 aromatic rings. The van der Waals surface area contributed by atoms with Crippen LogP contribution in [0.5, 0.6) is 0 Å². The molecule has 3 unspecified atom stereocenters. The fraction of sp³-hybridized carbons (Fsp3) is 0.951. The Hall–Kier alpha value is -1.06. The third-order valence-electron chi connectivity index (χ3n) is 16.0. The highest BCUT2D eigenvalue weighted by atomic mass is 16.4. The van der Waals surface area contributed by atoms with E-state index < -0.39 is 44.9 Å². The number of carbonyl (C=O) groups is 2. The van der Waals surface area contributed by atoms with Gasteiger partial charge in [0, 0.05) is 0 Å². The predicted octanol–water partition coefficient (Wildman–Crippen LogP) is 12.6. The van der Waals surface area contributed by atoms with E-state index in [0.29, 0.717) is 5.92 Å². The number of carboxylic acid groups (broad SMARTS) is 2. The van der Waals surface area contributed by atoms with Gasteiger partial charge in [0.1, 0.15) is 0 Å². The van der Waals surface area contributed by atoms with Crippen LogP contribution in [0.2, 0.25) is 0 Å². The van der Waals surface area contributed by atoms with Crippen molar-refractivity contribution in [3.63, 3.8) is 0 Å². The molecule has 2 N–H and O–H groups in total. The minimum atomic E-state index is -1.27. The van der Waals surface area contributed by atoms with Crippen LogP contribution < -0.4 is 0 Å². The van der Waals surface area contributed by atoms with Crippen molar-refractivity contribution >= 4 is 11.9 Å². The molecule has 0 spiro atoms. The van der Waals surface area contributed by atoms with Crippen molar-refractivity contribution in [2.75, 3.05) is 0 Å². The fourth-order valence-corrected chi connectivity index (χ4v) is 8.24. The maximum Gasteiger partial charge on any atom is 0.310 e. The van der Waals surface area contributed by atoms with Crippen molar-refractivity contribution < 1.29 is 19.8 Å². The second-order valence-corrected chi connectivity index (χ2v) is 21.4. The summed E-state index contributed by atoms with van der Waals surface area (Å²) in [6.07, 6.45) is 5.53. The molecule has 0 aliphatic heterocycles. The summed E-state index contributed by atoms with van der Waals surface area (Å²) in [5.41, 5.74) is -3.42. The maximum atomic E-state index is 13.3. The first-order valence-electron chi connectivity index (χ1n) is 17.8. The van der Waals surface area contributed by atoms with Crippen LogP contribution in [0.3, 0.4) is 0 Å². The summed E-state index contributed by atoms with van der Waals surface area (Å²) in [7, 11) is 0. The van der Waals surface area contributed by atoms with Crippen LogP contribution in [0.25, 0.3) is 0 Å². The van der Waals surface area contributed by atoms with Gasteiger partial charge in [-0.25, -0.2) is 0 Å². The minimum absolute atomic E-state index is 0.149. The van der Waals surface area contributed by atoms with E-state index in [4.69, 9.17) is 0 Å². The Balaban J connectivity index is 6.22. The number of hydrogen-bond acceptors (Lipinski definition) is 2. The quantitative estimate of drug-likeness (QED) is 0.177. The zero-order valence-electron chi connectivity index (χ0n) is 34.4. The number of aliphatic carboxylic acids is 2. The van der Waals surface area contributed by atoms with Gasteiger partial charge in [0.25, 0.3) is 0 Å². The second-order valence-electron chi connectivity index (χ2n) is 21.4. The lowest BCUT2D eigenvalue weighted by molar-refractivity contribution is -0.196. The molecule has 0 aliphatic rings. The van der Waals surface area contributed by atoms with E-state index in [9.17, 15) is 19.8 Å². The lowest BCUT2D eigenvalue weighted by Crippen LogP contribution is -2.62. The molecule has 0 heterocycles. The molecule has 0 aromatic heterocycles. The van der Waals surface area contributed by atoms with Crippen molar-refractivity contribution in [2.24, 2.45) is 66.0 Å². The van der Waals surface area contributed by atoms with Crippen molar-refractivity contribution in [3.8, 4) is 0 Å². The summed E-state index contributed by atoms with van der Waals surface area (Å²) in [6, 6.07) is 0. The zero-order chi connectivity index (χ0) is 36.8. The number of carboxylic acids is 2. The lowest BCUT2D eigenvalue weighted by atomic mass is 9.41. The van der Waals surface area contributed by atoms with Crippen molar-refractivity contribution in [2.45, 2.75) is 184 Å². The molecule has 0 saturated heterocycles. The van der Waals surface area contributed by atoms with Crippen LogP contribution >= 0.6 is 0 Å². The van der Waals surface area contributed by atoms with Gasteiger partial charge in [0.2, 0.25) is 0 Å². The first kappa shape index (κ1) is 43.9. The lowest BCUT2D eigenvalue weighted by Gasteiger charge is -2.61. The number of rotatable bonds is 16. The van der Waals surface area contributed by atoms with Crippen LogP contribution in [-0.4, -0.2) is 22.2 Å². The van der Waals surface area contributed by atoms with Crippen LogP contribution in [0.1, 0.15) is 184 Å². The van der Waals surface area contributed by atoms with Gasteiger partial charge in [-0.15, -0.1) is 0 Å². The van der Waals surface area contributed by atoms with Crippen LogP contribution in [0.15, 0.2) is 0 Å². The van der Waals surface area contributed by atoms with E-state index in [1.165, 1.54) is 12.8 Å². The smallest absolute Gasteiger partial charge is 0.310 e. The van der Waals surface area contributed by atoms with Gasteiger partial charge >= 0.3 is 11.9 Å². The van der Waals surface area contributed by atoms with Gasteiger partial charge in [0.15, 0.2) is 0 Å². The van der Waals surface area contributed by atoms with Gasteiger partial charge in [0.05, 0.1) is 11.3 Å². The molecule has 0 aliphatic carbocycles. The molecule has 268 valence electrons. The Bertz CT molecular complexity index is 1020. The summed E-state index contributed by atoms with van der Waals surface area (Å²) in [6.45, 7) is 48.4. The zero-order valence-corrected chi connectivity index (χ0v) is 34.4. The van der Waals surface area contributed by atoms with E-state index in [1.807, 2.05) is 34.6 Å². The molecular weight excluding hydrogens is 556 g/mol. The van der Waals surface area contributed by atoms with Crippen molar-refractivity contribution in [1.82, 2.24) is 0 Å². The summed E-state index contributed by atoms with van der Waals surface area (Å²) >= 11 is 0. The largest absolute Gasteiger partial charge is 0.481 e. The molecule has 4 heteroatoms. The van der Waals surface area contributed by atoms with Gasteiger partial charge in [-0.1, -0.05) is 152 Å². The van der Waals surface area contributed by atoms with Crippen molar-refractivity contribution in [3.05, 3.63) is 0 Å². The summed E-state index contributed by atoms with van der Waals surface area (Å²) in [5, 5.41) is 21.4. The molecule has 4 nitrogen and oxygen atoms in total. The Morgan fingerprint density at radius 2 is 0.889 bits per heavy atom. The standard InChI is InChI=1S/C41H80O4/c1-28(37(14,15)32(2,3)4)24-27-35(10,11)34(8,9)25-23-26-36(12,13)40(20,21)38(16,17)29(30(42)43)39(18,19)41(22,31(44)45)33(5,6)7/h28-29H,23-27H2,1-22H3,(H,42,43)(H,44,45). The van der Waals surface area contributed by atoms with Gasteiger partial charge in [-0.05, 0) is 87.3 Å². The molecular formula is C41H80O4. The Morgan fingerprint density at radius 1 is 0.511 bits per heavy atom. The van der Waals surface area contributed by atoms with E-state index >= 15 is 0 Å². The van der Waals surface area contributed by atoms with Crippen LogP contribution in [0.4, 0.5) is 0 Å². The van der Waals surface area contributed by atoms with E-state index in [2.05, 4.69) is 111 Å². The Labute approximate surface area is 281 Å². The minimum Gasteiger partial charge on any atom is -0.481 e. The molecule has 0 bridgehead atoms. The normalized spacial score (nSPS) is 17.9. The van der Waals surface area contributed by atoms with Gasteiger partial charge in [-0.3, -0.25) is 9.59 Å². The highest BCUT2D eigenvalue weighted by Crippen LogP contribution is 2.65. The summed E-state index contributed by atoms with van der Waals surface area (Å²) < 4.78 is 0. The van der Waals surface area contributed by atoms with E-state index in [1.54, 1.807) is 6.92 Å². The second kappa shape index (κ2) is 13.1. The highest BCUT2D eigenvalue weighted by molar-refractivity contribution is 5.80. The molecule has 0 fully saturated rings. The highest BCUT2D eigenvalue weighted by Gasteiger charge is 2.65. The van der Waals surface area contributed by atoms with E-state index in [-0.39, 0.29) is 27.1 Å². The average molecular weight is 637 g/mol. The fourth-order valence-electron chi connectivity index (χ4n) is 8.24. The maximum absolute atomic E-state index is 13.3. The van der Waals surface area contributed by atoms with Crippen molar-refractivity contribution in [1.29, 1.82) is 0 Å². The van der Waals surface area contributed by atoms with E-state index in [0.717, 1.165) is 19.3 Å². The molecule has 0 saturated carbocycles. The Kier molecular flexibility index (Phi) is 12.8. The third kappa shape index (κ3) is 7.98. The number of hydrogen-bond donors (Lipinski definition) is 2. The van der Waals surface area contributed by atoms with Crippen LogP contribution in [0, 0.1) is 66.0 Å². The molecule has 45 heavy (non-hydrogen) atoms. The molecule has 0 radical (unpaired) electrons. The Morgan fingerprint density at radius 3 is 1.22 bits per heavy atom. The third-order valence-corrected chi connectivity index (χ3v) is 16.0. The predicted molar refractivity (Wildman–Crippen MR) is 194 cm³/mol. The summed E-state index contributed by atoms with van der Waals surface area (Å²) in [4.78, 5) is 26.2. The molecule has 0 rings (SSSR count). The monoisotopic (exact) mass is 637 g/mol.